The van der Waals surface area contributed by atoms with Gasteiger partial charge < -0.3 is 15.2 Å². The number of rotatable bonds is 7. The van der Waals surface area contributed by atoms with Crippen LogP contribution in [0.1, 0.15) is 18.4 Å². The first-order chi connectivity index (χ1) is 14.0. The van der Waals surface area contributed by atoms with Crippen molar-refractivity contribution in [1.82, 2.24) is 20.8 Å². The second kappa shape index (κ2) is 11.8. The van der Waals surface area contributed by atoms with Crippen molar-refractivity contribution in [2.75, 3.05) is 13.1 Å². The lowest BCUT2D eigenvalue weighted by atomic mass is 10.2. The summed E-state index contributed by atoms with van der Waals surface area (Å²) in [7, 11) is 0. The molecule has 2 N–H and O–H groups in total. The summed E-state index contributed by atoms with van der Waals surface area (Å²) >= 11 is 5.98. The molecule has 1 heterocycles. The Bertz CT molecular complexity index is 999. The first-order valence-corrected chi connectivity index (χ1v) is 9.47. The molecule has 3 aromatic rings. The number of nitrogens with zero attached hydrogens (tertiary/aromatic N) is 3. The van der Waals surface area contributed by atoms with Gasteiger partial charge in [-0.1, -0.05) is 28.9 Å². The van der Waals surface area contributed by atoms with Gasteiger partial charge in [0.1, 0.15) is 11.6 Å². The van der Waals surface area contributed by atoms with Gasteiger partial charge in [0.25, 0.3) is 0 Å². The number of aliphatic imine (C=N–C) groups is 1. The van der Waals surface area contributed by atoms with Crippen molar-refractivity contribution >= 4 is 41.5 Å². The van der Waals surface area contributed by atoms with Gasteiger partial charge in [-0.3, -0.25) is 0 Å². The third kappa shape index (κ3) is 6.91. The molecule has 0 unspecified atom stereocenters. The highest BCUT2D eigenvalue weighted by molar-refractivity contribution is 14.0. The summed E-state index contributed by atoms with van der Waals surface area (Å²) in [6, 6.07) is 10.5. The number of hydrogen-bond acceptors (Lipinski definition) is 4. The van der Waals surface area contributed by atoms with Gasteiger partial charge in [-0.2, -0.15) is 4.98 Å². The molecular weight excluding hydrogens is 527 g/mol. The molecule has 0 bridgehead atoms. The summed E-state index contributed by atoms with van der Waals surface area (Å²) < 4.78 is 32.3. The molecule has 6 nitrogen and oxygen atoms in total. The summed E-state index contributed by atoms with van der Waals surface area (Å²) in [5.41, 5.74) is 0.956. The van der Waals surface area contributed by atoms with Crippen LogP contribution in [0.15, 0.2) is 52.0 Å². The average molecular weight is 548 g/mol. The third-order valence-corrected chi connectivity index (χ3v) is 4.18. The molecule has 160 valence electrons. The Morgan fingerprint density at radius 2 is 2.00 bits per heavy atom. The van der Waals surface area contributed by atoms with Gasteiger partial charge in [-0.25, -0.2) is 13.8 Å². The van der Waals surface area contributed by atoms with Crippen LogP contribution in [0.25, 0.3) is 11.4 Å². The van der Waals surface area contributed by atoms with E-state index in [4.69, 9.17) is 16.1 Å². The van der Waals surface area contributed by atoms with Gasteiger partial charge in [0.2, 0.25) is 11.7 Å². The maximum atomic E-state index is 13.7. The highest BCUT2D eigenvalue weighted by atomic mass is 127. The molecule has 2 aromatic carbocycles. The Morgan fingerprint density at radius 3 is 2.77 bits per heavy atom. The van der Waals surface area contributed by atoms with Gasteiger partial charge in [0, 0.05) is 35.7 Å². The summed E-state index contributed by atoms with van der Waals surface area (Å²) in [6.45, 7) is 3.01. The zero-order valence-corrected chi connectivity index (χ0v) is 19.2. The molecular formula is C20H21ClF2IN5O. The monoisotopic (exact) mass is 547 g/mol. The summed E-state index contributed by atoms with van der Waals surface area (Å²) in [4.78, 5) is 8.64. The van der Waals surface area contributed by atoms with E-state index < -0.39 is 11.6 Å². The number of aromatic nitrogens is 2. The Kier molecular flexibility index (Phi) is 9.44. The van der Waals surface area contributed by atoms with Crippen molar-refractivity contribution in [3.63, 3.8) is 0 Å². The Morgan fingerprint density at radius 1 is 1.17 bits per heavy atom. The lowest BCUT2D eigenvalue weighted by Gasteiger charge is -2.10. The highest BCUT2D eigenvalue weighted by Gasteiger charge is 2.09. The number of guanidine groups is 1. The smallest absolute Gasteiger partial charge is 0.228 e. The van der Waals surface area contributed by atoms with Gasteiger partial charge in [-0.05, 0) is 37.3 Å². The van der Waals surface area contributed by atoms with Crippen LogP contribution in [-0.4, -0.2) is 29.2 Å². The molecule has 0 aliphatic rings. The van der Waals surface area contributed by atoms with Crippen LogP contribution in [0, 0.1) is 11.6 Å². The molecule has 10 heteroatoms. The molecule has 0 saturated carbocycles. The van der Waals surface area contributed by atoms with Gasteiger partial charge in [0.15, 0.2) is 5.96 Å². The summed E-state index contributed by atoms with van der Waals surface area (Å²) in [5, 5.41) is 10.7. The van der Waals surface area contributed by atoms with Crippen LogP contribution in [-0.2, 0) is 13.0 Å². The average Bonchev–Trinajstić information content (AvgIpc) is 3.17. The zero-order chi connectivity index (χ0) is 20.6. The number of halogens is 4. The Hall–Kier alpha value is -2.27. The maximum Gasteiger partial charge on any atom is 0.228 e. The Balaban J connectivity index is 0.00000320. The van der Waals surface area contributed by atoms with Crippen molar-refractivity contribution in [2.24, 2.45) is 4.99 Å². The molecule has 0 fully saturated rings. The number of hydrogen-bond donors (Lipinski definition) is 2. The maximum absolute atomic E-state index is 13.7. The Labute approximate surface area is 195 Å². The molecule has 30 heavy (non-hydrogen) atoms. The van der Waals surface area contributed by atoms with Crippen molar-refractivity contribution in [3.05, 3.63) is 70.6 Å². The van der Waals surface area contributed by atoms with E-state index in [9.17, 15) is 8.78 Å². The van der Waals surface area contributed by atoms with Gasteiger partial charge in [-0.15, -0.1) is 24.0 Å². The van der Waals surface area contributed by atoms with E-state index in [1.165, 1.54) is 0 Å². The quantitative estimate of drug-likeness (QED) is 0.257. The first kappa shape index (κ1) is 24.0. The van der Waals surface area contributed by atoms with Crippen molar-refractivity contribution in [1.29, 1.82) is 0 Å². The fraction of sp³-hybridized carbons (Fsp3) is 0.250. The second-order valence-corrected chi connectivity index (χ2v) is 6.57. The van der Waals surface area contributed by atoms with E-state index in [0.717, 1.165) is 23.8 Å². The standard InChI is InChI=1S/C20H20ClF2N5O.HI/c1-2-24-20(26-12-14-11-16(22)6-7-17(14)23)25-9-8-18-27-19(28-29-18)13-4-3-5-15(21)10-13;/h3-7,10-11H,2,8-9,12H2,1H3,(H2,24,25,26);1H. The van der Waals surface area contributed by atoms with Crippen molar-refractivity contribution in [2.45, 2.75) is 19.9 Å². The first-order valence-electron chi connectivity index (χ1n) is 9.10. The summed E-state index contributed by atoms with van der Waals surface area (Å²) in [5.74, 6) is 0.404. The molecule has 0 amide bonds. The molecule has 3 rings (SSSR count). The van der Waals surface area contributed by atoms with E-state index in [0.29, 0.717) is 42.2 Å². The van der Waals surface area contributed by atoms with Crippen LogP contribution in [0.5, 0.6) is 0 Å². The highest BCUT2D eigenvalue weighted by Crippen LogP contribution is 2.19. The van der Waals surface area contributed by atoms with E-state index >= 15 is 0 Å². The van der Waals surface area contributed by atoms with E-state index in [-0.39, 0.29) is 36.1 Å². The van der Waals surface area contributed by atoms with Gasteiger partial charge in [0.05, 0.1) is 6.54 Å². The largest absolute Gasteiger partial charge is 0.357 e. The number of nitrogens with one attached hydrogen (secondary N) is 2. The fourth-order valence-corrected chi connectivity index (χ4v) is 2.75. The molecule has 1 aromatic heterocycles. The van der Waals surface area contributed by atoms with Crippen molar-refractivity contribution in [3.8, 4) is 11.4 Å². The van der Waals surface area contributed by atoms with Crippen LogP contribution in [0.2, 0.25) is 5.02 Å². The minimum atomic E-state index is -0.499. The molecule has 0 saturated heterocycles. The molecule has 0 aliphatic heterocycles. The predicted molar refractivity (Wildman–Crippen MR) is 123 cm³/mol. The topological polar surface area (TPSA) is 75.3 Å². The molecule has 0 spiro atoms. The minimum Gasteiger partial charge on any atom is -0.357 e. The van der Waals surface area contributed by atoms with Crippen LogP contribution < -0.4 is 10.6 Å². The molecule has 0 aliphatic carbocycles. The normalized spacial score (nSPS) is 11.1. The molecule has 0 radical (unpaired) electrons. The van der Waals surface area contributed by atoms with Crippen LogP contribution in [0.4, 0.5) is 8.78 Å². The lowest BCUT2D eigenvalue weighted by Crippen LogP contribution is -2.38. The lowest BCUT2D eigenvalue weighted by molar-refractivity contribution is 0.378. The van der Waals surface area contributed by atoms with E-state index in [1.54, 1.807) is 12.1 Å². The second-order valence-electron chi connectivity index (χ2n) is 6.13. The molecule has 0 atom stereocenters. The fourth-order valence-electron chi connectivity index (χ4n) is 2.56. The third-order valence-electron chi connectivity index (χ3n) is 3.94. The van der Waals surface area contributed by atoms with Crippen LogP contribution >= 0.6 is 35.6 Å². The van der Waals surface area contributed by atoms with Crippen LogP contribution in [0.3, 0.4) is 0 Å². The van der Waals surface area contributed by atoms with E-state index in [1.807, 2.05) is 19.1 Å². The zero-order valence-electron chi connectivity index (χ0n) is 16.2. The van der Waals surface area contributed by atoms with Crippen molar-refractivity contribution < 1.29 is 13.3 Å². The predicted octanol–water partition coefficient (Wildman–Crippen LogP) is 4.58. The number of benzene rings is 2. The minimum absolute atomic E-state index is 0. The van der Waals surface area contributed by atoms with E-state index in [2.05, 4.69) is 25.8 Å². The summed E-state index contributed by atoms with van der Waals surface area (Å²) in [6.07, 6.45) is 0.465. The van der Waals surface area contributed by atoms with Gasteiger partial charge >= 0.3 is 0 Å². The SMILES string of the molecule is CCNC(=NCc1cc(F)ccc1F)NCCc1nc(-c2cccc(Cl)c2)no1.I.